The van der Waals surface area contributed by atoms with Crippen LogP contribution >= 0.6 is 0 Å². The fraction of sp³-hybridized carbons (Fsp3) is 0.643. The summed E-state index contributed by atoms with van der Waals surface area (Å²) in [5.41, 5.74) is 6.83. The monoisotopic (exact) mass is 263 g/mol. The first-order chi connectivity index (χ1) is 9.22. The second kappa shape index (κ2) is 4.89. The largest absolute Gasteiger partial charge is 0.479 e. The molecule has 0 atom stereocenters. The van der Waals surface area contributed by atoms with E-state index in [-0.39, 0.29) is 0 Å². The zero-order valence-corrected chi connectivity index (χ0v) is 11.4. The van der Waals surface area contributed by atoms with Crippen molar-refractivity contribution in [1.29, 1.82) is 0 Å². The minimum absolute atomic E-state index is 0.425. The van der Waals surface area contributed by atoms with E-state index in [1.165, 1.54) is 6.42 Å². The Bertz CT molecular complexity index is 458. The summed E-state index contributed by atoms with van der Waals surface area (Å²) in [5, 5.41) is 0. The summed E-state index contributed by atoms with van der Waals surface area (Å²) >= 11 is 0. The van der Waals surface area contributed by atoms with Crippen molar-refractivity contribution in [2.24, 2.45) is 5.41 Å². The molecular weight excluding hydrogens is 242 g/mol. The standard InChI is InChI=1S/C14H21N3O2/c1-18-13-11(15)2-3-12(16-13)17-7-4-14(10-17)5-8-19-9-6-14/h2-3H,4-10,15H2,1H3. The molecule has 1 spiro atoms. The van der Waals surface area contributed by atoms with Gasteiger partial charge in [-0.2, -0.15) is 4.98 Å². The molecule has 3 heterocycles. The molecule has 0 unspecified atom stereocenters. The fourth-order valence-corrected chi connectivity index (χ4v) is 3.12. The predicted octanol–water partition coefficient (Wildman–Crippen LogP) is 1.68. The molecule has 0 saturated carbocycles. The van der Waals surface area contributed by atoms with Gasteiger partial charge in [0.1, 0.15) is 5.82 Å². The molecule has 0 aromatic carbocycles. The number of nitrogens with two attached hydrogens (primary N) is 1. The van der Waals surface area contributed by atoms with Crippen LogP contribution in [-0.4, -0.2) is 38.4 Å². The molecule has 3 rings (SSSR count). The zero-order valence-electron chi connectivity index (χ0n) is 11.4. The Kier molecular flexibility index (Phi) is 3.22. The van der Waals surface area contributed by atoms with Crippen LogP contribution in [0.2, 0.25) is 0 Å². The van der Waals surface area contributed by atoms with Gasteiger partial charge in [-0.1, -0.05) is 0 Å². The Morgan fingerprint density at radius 1 is 1.32 bits per heavy atom. The third kappa shape index (κ3) is 2.34. The van der Waals surface area contributed by atoms with E-state index < -0.39 is 0 Å². The number of rotatable bonds is 2. The van der Waals surface area contributed by atoms with Gasteiger partial charge in [0.25, 0.3) is 0 Å². The Labute approximate surface area is 113 Å². The van der Waals surface area contributed by atoms with Gasteiger partial charge < -0.3 is 20.1 Å². The van der Waals surface area contributed by atoms with E-state index in [0.717, 1.165) is 45.0 Å². The van der Waals surface area contributed by atoms with Crippen LogP contribution in [0.15, 0.2) is 12.1 Å². The van der Waals surface area contributed by atoms with Crippen molar-refractivity contribution in [2.75, 3.05) is 44.0 Å². The average molecular weight is 263 g/mol. The topological polar surface area (TPSA) is 60.6 Å². The van der Waals surface area contributed by atoms with Crippen LogP contribution in [0.5, 0.6) is 5.88 Å². The van der Waals surface area contributed by atoms with E-state index in [9.17, 15) is 0 Å². The van der Waals surface area contributed by atoms with E-state index in [2.05, 4.69) is 9.88 Å². The van der Waals surface area contributed by atoms with E-state index >= 15 is 0 Å². The van der Waals surface area contributed by atoms with Gasteiger partial charge in [-0.3, -0.25) is 0 Å². The summed E-state index contributed by atoms with van der Waals surface area (Å²) in [7, 11) is 1.60. The quantitative estimate of drug-likeness (QED) is 0.879. The van der Waals surface area contributed by atoms with Crippen molar-refractivity contribution in [2.45, 2.75) is 19.3 Å². The van der Waals surface area contributed by atoms with Crippen LogP contribution in [0.1, 0.15) is 19.3 Å². The molecule has 104 valence electrons. The van der Waals surface area contributed by atoms with Crippen LogP contribution in [0, 0.1) is 5.41 Å². The molecule has 2 saturated heterocycles. The maximum Gasteiger partial charge on any atom is 0.238 e. The summed E-state index contributed by atoms with van der Waals surface area (Å²) in [6.45, 7) is 3.91. The maximum atomic E-state index is 5.81. The summed E-state index contributed by atoms with van der Waals surface area (Å²) in [5.74, 6) is 1.49. The number of methoxy groups -OCH3 is 1. The number of hydrogen-bond acceptors (Lipinski definition) is 5. The number of hydrogen-bond donors (Lipinski definition) is 1. The lowest BCUT2D eigenvalue weighted by molar-refractivity contribution is 0.0254. The average Bonchev–Trinajstić information content (AvgIpc) is 2.84. The smallest absolute Gasteiger partial charge is 0.238 e. The molecule has 2 N–H and O–H groups in total. The Morgan fingerprint density at radius 3 is 2.84 bits per heavy atom. The molecule has 2 fully saturated rings. The van der Waals surface area contributed by atoms with E-state index in [1.807, 2.05) is 12.1 Å². The van der Waals surface area contributed by atoms with Crippen molar-refractivity contribution in [3.05, 3.63) is 12.1 Å². The molecule has 0 bridgehead atoms. The molecule has 2 aliphatic heterocycles. The second-order valence-electron chi connectivity index (χ2n) is 5.55. The first-order valence-electron chi connectivity index (χ1n) is 6.86. The molecular formula is C14H21N3O2. The molecule has 5 nitrogen and oxygen atoms in total. The number of aromatic nitrogens is 1. The van der Waals surface area contributed by atoms with Crippen molar-refractivity contribution in [3.8, 4) is 5.88 Å². The number of pyridine rings is 1. The van der Waals surface area contributed by atoms with Crippen LogP contribution < -0.4 is 15.4 Å². The minimum atomic E-state index is 0.425. The van der Waals surface area contributed by atoms with E-state index in [4.69, 9.17) is 15.2 Å². The van der Waals surface area contributed by atoms with Crippen LogP contribution in [0.3, 0.4) is 0 Å². The van der Waals surface area contributed by atoms with Gasteiger partial charge in [-0.25, -0.2) is 0 Å². The molecule has 0 amide bonds. The highest BCUT2D eigenvalue weighted by Crippen LogP contribution is 2.41. The number of ether oxygens (including phenoxy) is 2. The van der Waals surface area contributed by atoms with Crippen molar-refractivity contribution in [3.63, 3.8) is 0 Å². The van der Waals surface area contributed by atoms with Gasteiger partial charge in [0.2, 0.25) is 5.88 Å². The van der Waals surface area contributed by atoms with E-state index in [1.54, 1.807) is 7.11 Å². The van der Waals surface area contributed by atoms with Crippen LogP contribution in [0.4, 0.5) is 11.5 Å². The first kappa shape index (κ1) is 12.5. The van der Waals surface area contributed by atoms with Gasteiger partial charge in [-0.15, -0.1) is 0 Å². The maximum absolute atomic E-state index is 5.81. The lowest BCUT2D eigenvalue weighted by Crippen LogP contribution is -2.33. The molecule has 5 heteroatoms. The number of nitrogen functional groups attached to an aromatic ring is 1. The molecule has 0 aliphatic carbocycles. The SMILES string of the molecule is COc1nc(N2CCC3(CCOCC3)C2)ccc1N. The van der Waals surface area contributed by atoms with Crippen molar-refractivity contribution < 1.29 is 9.47 Å². The first-order valence-corrected chi connectivity index (χ1v) is 6.86. The Morgan fingerprint density at radius 2 is 2.11 bits per heavy atom. The second-order valence-corrected chi connectivity index (χ2v) is 5.55. The zero-order chi connectivity index (χ0) is 13.3. The van der Waals surface area contributed by atoms with Crippen LogP contribution in [-0.2, 0) is 4.74 Å². The summed E-state index contributed by atoms with van der Waals surface area (Å²) < 4.78 is 10.7. The van der Waals surface area contributed by atoms with E-state index in [0.29, 0.717) is 17.0 Å². The van der Waals surface area contributed by atoms with Crippen LogP contribution in [0.25, 0.3) is 0 Å². The molecule has 2 aliphatic rings. The van der Waals surface area contributed by atoms with Gasteiger partial charge in [0, 0.05) is 26.3 Å². The van der Waals surface area contributed by atoms with Crippen molar-refractivity contribution >= 4 is 11.5 Å². The van der Waals surface area contributed by atoms with Crippen molar-refractivity contribution in [1.82, 2.24) is 4.98 Å². The van der Waals surface area contributed by atoms with Gasteiger partial charge >= 0.3 is 0 Å². The molecule has 0 radical (unpaired) electrons. The fourth-order valence-electron chi connectivity index (χ4n) is 3.12. The third-order valence-corrected chi connectivity index (χ3v) is 4.38. The Balaban J connectivity index is 1.77. The Hall–Kier alpha value is -1.49. The molecule has 1 aromatic rings. The van der Waals surface area contributed by atoms with Gasteiger partial charge in [-0.05, 0) is 36.8 Å². The summed E-state index contributed by atoms with van der Waals surface area (Å²) in [6, 6.07) is 3.85. The highest BCUT2D eigenvalue weighted by Gasteiger charge is 2.39. The molecule has 1 aromatic heterocycles. The lowest BCUT2D eigenvalue weighted by Gasteiger charge is -2.33. The predicted molar refractivity (Wildman–Crippen MR) is 74.5 cm³/mol. The lowest BCUT2D eigenvalue weighted by atomic mass is 9.80. The molecule has 19 heavy (non-hydrogen) atoms. The number of nitrogens with zero attached hydrogens (tertiary/aromatic N) is 2. The third-order valence-electron chi connectivity index (χ3n) is 4.38. The summed E-state index contributed by atoms with van der Waals surface area (Å²) in [4.78, 5) is 6.84. The highest BCUT2D eigenvalue weighted by atomic mass is 16.5. The summed E-state index contributed by atoms with van der Waals surface area (Å²) in [6.07, 6.45) is 3.55. The van der Waals surface area contributed by atoms with Gasteiger partial charge in [0.15, 0.2) is 0 Å². The normalized spacial score (nSPS) is 21.8. The number of anilines is 2. The highest BCUT2D eigenvalue weighted by molar-refractivity contribution is 5.55. The minimum Gasteiger partial charge on any atom is -0.479 e. The van der Waals surface area contributed by atoms with Gasteiger partial charge in [0.05, 0.1) is 12.8 Å².